The topological polar surface area (TPSA) is 38.8 Å². The Hall–Kier alpha value is -1.33. The normalized spacial score (nSPS) is 19.3. The summed E-state index contributed by atoms with van der Waals surface area (Å²) in [6, 6.07) is 4.18. The van der Waals surface area contributed by atoms with Gasteiger partial charge in [-0.1, -0.05) is 0 Å². The standard InChI is InChI=1S/C13H15ClFNO3/c1-18-12-3-2-9(6-11(12)15)13(17)16-4-5-19-10(7-14)8-16/h2-3,6,10H,4-5,7-8H2,1H3. The third kappa shape index (κ3) is 3.16. The number of carbonyl (C=O) groups excluding carboxylic acids is 1. The molecule has 4 nitrogen and oxygen atoms in total. The second-order valence-electron chi connectivity index (χ2n) is 4.25. The van der Waals surface area contributed by atoms with Crippen LogP contribution in [0.5, 0.6) is 5.75 Å². The molecular formula is C13H15ClFNO3. The van der Waals surface area contributed by atoms with Gasteiger partial charge in [-0.3, -0.25) is 4.79 Å². The molecule has 19 heavy (non-hydrogen) atoms. The van der Waals surface area contributed by atoms with Crippen LogP contribution in [0.3, 0.4) is 0 Å². The van der Waals surface area contributed by atoms with Crippen LogP contribution in [0.2, 0.25) is 0 Å². The zero-order valence-corrected chi connectivity index (χ0v) is 11.3. The van der Waals surface area contributed by atoms with Crippen LogP contribution in [0.25, 0.3) is 0 Å². The van der Waals surface area contributed by atoms with Crippen molar-refractivity contribution in [2.75, 3.05) is 32.7 Å². The molecule has 0 radical (unpaired) electrons. The fraction of sp³-hybridized carbons (Fsp3) is 0.462. The SMILES string of the molecule is COc1ccc(C(=O)N2CCOC(CCl)C2)cc1F. The maximum Gasteiger partial charge on any atom is 0.254 e. The molecule has 1 unspecified atom stereocenters. The average molecular weight is 288 g/mol. The predicted molar refractivity (Wildman–Crippen MR) is 69.3 cm³/mol. The van der Waals surface area contributed by atoms with Gasteiger partial charge in [0.15, 0.2) is 11.6 Å². The van der Waals surface area contributed by atoms with Crippen LogP contribution >= 0.6 is 11.6 Å². The molecule has 1 amide bonds. The molecule has 1 heterocycles. The molecule has 1 aliphatic rings. The Labute approximate surface area is 116 Å². The number of rotatable bonds is 3. The number of morpholine rings is 1. The fourth-order valence-corrected chi connectivity index (χ4v) is 2.17. The first-order valence-corrected chi connectivity index (χ1v) is 6.49. The zero-order chi connectivity index (χ0) is 13.8. The first-order chi connectivity index (χ1) is 9.15. The van der Waals surface area contributed by atoms with Gasteiger partial charge in [-0.05, 0) is 18.2 Å². The molecule has 1 aromatic rings. The first kappa shape index (κ1) is 14.1. The van der Waals surface area contributed by atoms with Gasteiger partial charge in [0, 0.05) is 18.7 Å². The van der Waals surface area contributed by atoms with Gasteiger partial charge >= 0.3 is 0 Å². The van der Waals surface area contributed by atoms with Crippen molar-refractivity contribution in [2.24, 2.45) is 0 Å². The Morgan fingerprint density at radius 2 is 2.42 bits per heavy atom. The Kier molecular flexibility index (Phi) is 4.61. The number of hydrogen-bond donors (Lipinski definition) is 0. The minimum absolute atomic E-state index is 0.122. The number of hydrogen-bond acceptors (Lipinski definition) is 3. The van der Waals surface area contributed by atoms with Crippen LogP contribution in [-0.2, 0) is 4.74 Å². The highest BCUT2D eigenvalue weighted by Crippen LogP contribution is 2.19. The third-order valence-electron chi connectivity index (χ3n) is 3.00. The van der Waals surface area contributed by atoms with Gasteiger partial charge in [0.25, 0.3) is 5.91 Å². The highest BCUT2D eigenvalue weighted by molar-refractivity contribution is 6.18. The Morgan fingerprint density at radius 3 is 3.05 bits per heavy atom. The number of carbonyl (C=O) groups is 1. The van der Waals surface area contributed by atoms with E-state index in [0.717, 1.165) is 0 Å². The van der Waals surface area contributed by atoms with E-state index >= 15 is 0 Å². The smallest absolute Gasteiger partial charge is 0.254 e. The highest BCUT2D eigenvalue weighted by atomic mass is 35.5. The predicted octanol–water partition coefficient (Wildman–Crippen LogP) is 1.91. The van der Waals surface area contributed by atoms with E-state index in [4.69, 9.17) is 21.1 Å². The minimum Gasteiger partial charge on any atom is -0.494 e. The molecule has 0 aromatic heterocycles. The molecule has 1 aromatic carbocycles. The lowest BCUT2D eigenvalue weighted by atomic mass is 10.1. The van der Waals surface area contributed by atoms with Gasteiger partial charge in [-0.25, -0.2) is 4.39 Å². The van der Waals surface area contributed by atoms with E-state index in [2.05, 4.69) is 0 Å². The van der Waals surface area contributed by atoms with Gasteiger partial charge in [0.05, 0.1) is 25.7 Å². The van der Waals surface area contributed by atoms with Crippen molar-refractivity contribution >= 4 is 17.5 Å². The quantitative estimate of drug-likeness (QED) is 0.797. The maximum atomic E-state index is 13.6. The second kappa shape index (κ2) is 6.21. The summed E-state index contributed by atoms with van der Waals surface area (Å²) >= 11 is 5.72. The summed E-state index contributed by atoms with van der Waals surface area (Å²) in [5.74, 6) is -0.312. The minimum atomic E-state index is -0.546. The number of benzene rings is 1. The summed E-state index contributed by atoms with van der Waals surface area (Å²) in [5, 5.41) is 0. The van der Waals surface area contributed by atoms with Crippen LogP contribution in [0.4, 0.5) is 4.39 Å². The van der Waals surface area contributed by atoms with E-state index in [1.807, 2.05) is 0 Å². The number of nitrogens with zero attached hydrogens (tertiary/aromatic N) is 1. The summed E-state index contributed by atoms with van der Waals surface area (Å²) in [4.78, 5) is 13.9. The number of ether oxygens (including phenoxy) is 2. The lowest BCUT2D eigenvalue weighted by molar-refractivity contribution is -0.0108. The molecule has 1 atom stereocenters. The molecule has 2 rings (SSSR count). The number of halogens is 2. The summed E-state index contributed by atoms with van der Waals surface area (Å²) in [7, 11) is 1.38. The van der Waals surface area contributed by atoms with Crippen LogP contribution in [0.15, 0.2) is 18.2 Å². The van der Waals surface area contributed by atoms with Crippen molar-refractivity contribution in [3.63, 3.8) is 0 Å². The third-order valence-corrected chi connectivity index (χ3v) is 3.34. The molecule has 0 saturated carbocycles. The molecule has 0 aliphatic carbocycles. The lowest BCUT2D eigenvalue weighted by Crippen LogP contribution is -2.46. The van der Waals surface area contributed by atoms with Crippen LogP contribution < -0.4 is 4.74 Å². The summed E-state index contributed by atoms with van der Waals surface area (Å²) in [5.41, 5.74) is 0.300. The van der Waals surface area contributed by atoms with Gasteiger partial charge < -0.3 is 14.4 Å². The van der Waals surface area contributed by atoms with Crippen molar-refractivity contribution < 1.29 is 18.7 Å². The van der Waals surface area contributed by atoms with E-state index in [-0.39, 0.29) is 17.8 Å². The van der Waals surface area contributed by atoms with E-state index in [0.29, 0.717) is 31.1 Å². The molecule has 0 N–H and O–H groups in total. The van der Waals surface area contributed by atoms with Crippen LogP contribution in [0, 0.1) is 5.82 Å². The number of methoxy groups -OCH3 is 1. The highest BCUT2D eigenvalue weighted by Gasteiger charge is 2.25. The molecule has 0 bridgehead atoms. The van der Waals surface area contributed by atoms with Crippen molar-refractivity contribution in [1.29, 1.82) is 0 Å². The molecule has 1 aliphatic heterocycles. The van der Waals surface area contributed by atoms with E-state index in [1.54, 1.807) is 11.0 Å². The Morgan fingerprint density at radius 1 is 1.63 bits per heavy atom. The first-order valence-electron chi connectivity index (χ1n) is 5.96. The summed E-state index contributed by atoms with van der Waals surface area (Å²) in [6.07, 6.45) is -0.164. The molecule has 1 fully saturated rings. The largest absolute Gasteiger partial charge is 0.494 e. The number of amides is 1. The van der Waals surface area contributed by atoms with Crippen molar-refractivity contribution in [2.45, 2.75) is 6.10 Å². The average Bonchev–Trinajstić information content (AvgIpc) is 2.46. The molecule has 1 saturated heterocycles. The number of alkyl halides is 1. The van der Waals surface area contributed by atoms with Gasteiger partial charge in [-0.15, -0.1) is 11.6 Å². The lowest BCUT2D eigenvalue weighted by Gasteiger charge is -2.32. The van der Waals surface area contributed by atoms with Gasteiger partial charge in [0.1, 0.15) is 0 Å². The molecule has 6 heteroatoms. The van der Waals surface area contributed by atoms with E-state index < -0.39 is 5.82 Å². The van der Waals surface area contributed by atoms with Crippen molar-refractivity contribution in [3.05, 3.63) is 29.6 Å². The Bertz CT molecular complexity index is 469. The van der Waals surface area contributed by atoms with Crippen LogP contribution in [0.1, 0.15) is 10.4 Å². The fourth-order valence-electron chi connectivity index (χ4n) is 1.98. The van der Waals surface area contributed by atoms with Gasteiger partial charge in [-0.2, -0.15) is 0 Å². The zero-order valence-electron chi connectivity index (χ0n) is 10.6. The molecule has 0 spiro atoms. The second-order valence-corrected chi connectivity index (χ2v) is 4.56. The summed E-state index contributed by atoms with van der Waals surface area (Å²) in [6.45, 7) is 1.36. The molecular weight excluding hydrogens is 273 g/mol. The molecule has 104 valence electrons. The summed E-state index contributed by atoms with van der Waals surface area (Å²) < 4.78 is 23.8. The van der Waals surface area contributed by atoms with Crippen molar-refractivity contribution in [3.8, 4) is 5.75 Å². The Balaban J connectivity index is 2.12. The monoisotopic (exact) mass is 287 g/mol. The maximum absolute atomic E-state index is 13.6. The van der Waals surface area contributed by atoms with E-state index in [9.17, 15) is 9.18 Å². The van der Waals surface area contributed by atoms with Crippen LogP contribution in [-0.4, -0.2) is 49.6 Å². The van der Waals surface area contributed by atoms with Crippen molar-refractivity contribution in [1.82, 2.24) is 4.90 Å². The van der Waals surface area contributed by atoms with E-state index in [1.165, 1.54) is 19.2 Å². The van der Waals surface area contributed by atoms with Gasteiger partial charge in [0.2, 0.25) is 0 Å².